The van der Waals surface area contributed by atoms with Crippen molar-refractivity contribution < 1.29 is 13.5 Å². The molecule has 2 nitrogen and oxygen atoms in total. The van der Waals surface area contributed by atoms with Crippen LogP contribution in [0.2, 0.25) is 0 Å². The Morgan fingerprint density at radius 2 is 2.00 bits per heavy atom. The topological polar surface area (TPSA) is 21.3 Å². The Morgan fingerprint density at radius 1 is 1.12 bits per heavy atom. The van der Waals surface area contributed by atoms with Crippen LogP contribution in [-0.2, 0) is 4.74 Å². The van der Waals surface area contributed by atoms with Crippen LogP contribution in [0.25, 0.3) is 0 Å². The zero-order valence-corrected chi connectivity index (χ0v) is 10.4. The summed E-state index contributed by atoms with van der Waals surface area (Å²) in [5.41, 5.74) is 0. The van der Waals surface area contributed by atoms with Gasteiger partial charge >= 0.3 is 0 Å². The lowest BCUT2D eigenvalue weighted by molar-refractivity contribution is -0.0526. The maximum absolute atomic E-state index is 13.2. The summed E-state index contributed by atoms with van der Waals surface area (Å²) in [5.74, 6) is -2.28. The second-order valence-corrected chi connectivity index (χ2v) is 5.47. The summed E-state index contributed by atoms with van der Waals surface area (Å²) in [4.78, 5) is 0. The van der Waals surface area contributed by atoms with Crippen molar-refractivity contribution in [2.24, 2.45) is 5.92 Å². The predicted octanol–water partition coefficient (Wildman–Crippen LogP) is 2.97. The van der Waals surface area contributed by atoms with Crippen molar-refractivity contribution in [2.45, 2.75) is 57.0 Å². The van der Waals surface area contributed by atoms with Gasteiger partial charge < -0.3 is 10.1 Å². The zero-order valence-electron chi connectivity index (χ0n) is 10.4. The molecule has 1 saturated carbocycles. The number of ether oxygens (including phenoxy) is 1. The van der Waals surface area contributed by atoms with Gasteiger partial charge in [-0.2, -0.15) is 0 Å². The number of halogens is 2. The molecule has 0 aromatic rings. The van der Waals surface area contributed by atoms with Gasteiger partial charge in [-0.05, 0) is 44.6 Å². The van der Waals surface area contributed by atoms with Gasteiger partial charge in [-0.25, -0.2) is 8.78 Å². The van der Waals surface area contributed by atoms with Crippen LogP contribution in [0.4, 0.5) is 8.78 Å². The maximum Gasteiger partial charge on any atom is 0.248 e. The number of nitrogens with one attached hydrogen (secondary N) is 1. The molecule has 2 atom stereocenters. The molecule has 1 aliphatic carbocycles. The van der Waals surface area contributed by atoms with E-state index in [-0.39, 0.29) is 18.8 Å². The molecule has 1 saturated heterocycles. The average molecular weight is 247 g/mol. The normalized spacial score (nSPS) is 33.5. The van der Waals surface area contributed by atoms with E-state index in [2.05, 4.69) is 5.32 Å². The SMILES string of the molecule is FC1(F)CCCC(CNCC2CCCCO2)C1. The summed E-state index contributed by atoms with van der Waals surface area (Å²) >= 11 is 0. The van der Waals surface area contributed by atoms with Crippen molar-refractivity contribution in [2.75, 3.05) is 19.7 Å². The van der Waals surface area contributed by atoms with E-state index >= 15 is 0 Å². The third-order valence-electron chi connectivity index (χ3n) is 3.82. The molecule has 1 heterocycles. The molecule has 0 aromatic carbocycles. The van der Waals surface area contributed by atoms with Gasteiger partial charge in [0, 0.05) is 26.0 Å². The van der Waals surface area contributed by atoms with E-state index in [0.29, 0.717) is 12.5 Å². The highest BCUT2D eigenvalue weighted by Crippen LogP contribution is 2.36. The summed E-state index contributed by atoms with van der Waals surface area (Å²) in [6.45, 7) is 2.39. The molecule has 1 N–H and O–H groups in total. The molecule has 100 valence electrons. The molecule has 0 amide bonds. The Hall–Kier alpha value is -0.220. The molecule has 0 aromatic heterocycles. The summed E-state index contributed by atoms with van der Waals surface area (Å²) in [5, 5.41) is 3.30. The van der Waals surface area contributed by atoms with Crippen molar-refractivity contribution in [3.63, 3.8) is 0 Å². The molecular weight excluding hydrogens is 224 g/mol. The second-order valence-electron chi connectivity index (χ2n) is 5.47. The van der Waals surface area contributed by atoms with Crippen LogP contribution >= 0.6 is 0 Å². The molecule has 2 aliphatic rings. The first kappa shape index (κ1) is 13.2. The van der Waals surface area contributed by atoms with E-state index in [4.69, 9.17) is 4.74 Å². The Bertz CT molecular complexity index is 229. The van der Waals surface area contributed by atoms with Crippen molar-refractivity contribution in [3.05, 3.63) is 0 Å². The average Bonchev–Trinajstić information content (AvgIpc) is 2.29. The lowest BCUT2D eigenvalue weighted by Crippen LogP contribution is -2.37. The largest absolute Gasteiger partial charge is 0.377 e. The van der Waals surface area contributed by atoms with Crippen LogP contribution in [0.1, 0.15) is 44.9 Å². The fourth-order valence-corrected chi connectivity index (χ4v) is 2.87. The number of hydrogen-bond acceptors (Lipinski definition) is 2. The summed E-state index contributed by atoms with van der Waals surface area (Å²) in [7, 11) is 0. The molecule has 17 heavy (non-hydrogen) atoms. The number of rotatable bonds is 4. The maximum atomic E-state index is 13.2. The second kappa shape index (κ2) is 6.10. The highest BCUT2D eigenvalue weighted by molar-refractivity contribution is 4.80. The van der Waals surface area contributed by atoms with Crippen molar-refractivity contribution in [1.29, 1.82) is 0 Å². The third kappa shape index (κ3) is 4.51. The Kier molecular flexibility index (Phi) is 4.74. The summed E-state index contributed by atoms with van der Waals surface area (Å²) in [6, 6.07) is 0. The molecule has 0 bridgehead atoms. The molecule has 2 rings (SSSR count). The third-order valence-corrected chi connectivity index (χ3v) is 3.82. The van der Waals surface area contributed by atoms with Gasteiger partial charge in [-0.15, -0.1) is 0 Å². The van der Waals surface area contributed by atoms with Crippen LogP contribution in [0, 0.1) is 5.92 Å². The minimum Gasteiger partial charge on any atom is -0.377 e. The molecule has 0 radical (unpaired) electrons. The Balaban J connectivity index is 1.61. The van der Waals surface area contributed by atoms with Crippen LogP contribution in [-0.4, -0.2) is 31.7 Å². The standard InChI is InChI=1S/C13H23F2NO/c14-13(15)6-3-4-11(8-13)9-16-10-12-5-1-2-7-17-12/h11-12,16H,1-10H2. The van der Waals surface area contributed by atoms with Gasteiger partial charge in [-0.1, -0.05) is 0 Å². The predicted molar refractivity (Wildman–Crippen MR) is 63.4 cm³/mol. The summed E-state index contributed by atoms with van der Waals surface area (Å²) in [6.07, 6.45) is 5.54. The van der Waals surface area contributed by atoms with E-state index in [9.17, 15) is 8.78 Å². The van der Waals surface area contributed by atoms with Crippen LogP contribution in [0.3, 0.4) is 0 Å². The van der Waals surface area contributed by atoms with Gasteiger partial charge in [0.05, 0.1) is 6.10 Å². The van der Waals surface area contributed by atoms with Gasteiger partial charge in [0.1, 0.15) is 0 Å². The first-order valence-corrected chi connectivity index (χ1v) is 6.86. The van der Waals surface area contributed by atoms with Crippen LogP contribution in [0.5, 0.6) is 0 Å². The van der Waals surface area contributed by atoms with Crippen LogP contribution < -0.4 is 5.32 Å². The highest BCUT2D eigenvalue weighted by atomic mass is 19.3. The van der Waals surface area contributed by atoms with E-state index in [1.54, 1.807) is 0 Å². The quantitative estimate of drug-likeness (QED) is 0.824. The smallest absolute Gasteiger partial charge is 0.248 e. The van der Waals surface area contributed by atoms with Crippen molar-refractivity contribution >= 4 is 0 Å². The van der Waals surface area contributed by atoms with Gasteiger partial charge in [0.25, 0.3) is 0 Å². The fraction of sp³-hybridized carbons (Fsp3) is 1.00. The lowest BCUT2D eigenvalue weighted by Gasteiger charge is -2.30. The van der Waals surface area contributed by atoms with E-state index in [1.807, 2.05) is 0 Å². The number of alkyl halides is 2. The van der Waals surface area contributed by atoms with Crippen molar-refractivity contribution in [1.82, 2.24) is 5.32 Å². The highest BCUT2D eigenvalue weighted by Gasteiger charge is 2.35. The zero-order chi connectivity index (χ0) is 12.1. The van der Waals surface area contributed by atoms with Gasteiger partial charge in [0.2, 0.25) is 5.92 Å². The molecule has 0 spiro atoms. The minimum absolute atomic E-state index is 0.0610. The number of hydrogen-bond donors (Lipinski definition) is 1. The minimum atomic E-state index is -2.42. The molecular formula is C13H23F2NO. The van der Waals surface area contributed by atoms with Gasteiger partial charge in [0.15, 0.2) is 0 Å². The Labute approximate surface area is 102 Å². The summed E-state index contributed by atoms with van der Waals surface area (Å²) < 4.78 is 32.0. The lowest BCUT2D eigenvalue weighted by atomic mass is 9.86. The van der Waals surface area contributed by atoms with Crippen molar-refractivity contribution in [3.8, 4) is 0 Å². The monoisotopic (exact) mass is 247 g/mol. The van der Waals surface area contributed by atoms with Crippen LogP contribution in [0.15, 0.2) is 0 Å². The van der Waals surface area contributed by atoms with Gasteiger partial charge in [-0.3, -0.25) is 0 Å². The molecule has 1 aliphatic heterocycles. The van der Waals surface area contributed by atoms with E-state index in [1.165, 1.54) is 6.42 Å². The molecule has 4 heteroatoms. The first-order valence-electron chi connectivity index (χ1n) is 6.86. The van der Waals surface area contributed by atoms with E-state index in [0.717, 1.165) is 39.0 Å². The van der Waals surface area contributed by atoms with E-state index < -0.39 is 5.92 Å². The molecule has 2 unspecified atom stereocenters. The first-order chi connectivity index (χ1) is 8.16. The Morgan fingerprint density at radius 3 is 2.71 bits per heavy atom. The molecule has 2 fully saturated rings. The fourth-order valence-electron chi connectivity index (χ4n) is 2.87.